The molecule has 1 aromatic heterocycles. The minimum absolute atomic E-state index is 0.618. The summed E-state index contributed by atoms with van der Waals surface area (Å²) >= 11 is 0. The molecule has 1 saturated carbocycles. The lowest BCUT2D eigenvalue weighted by Crippen LogP contribution is -2.43. The van der Waals surface area contributed by atoms with Crippen LogP contribution in [-0.2, 0) is 13.1 Å². The Bertz CT molecular complexity index is 497. The molecule has 1 N–H and O–H groups in total. The number of likely N-dealkylation sites (tertiary alicyclic amines) is 1. The summed E-state index contributed by atoms with van der Waals surface area (Å²) < 4.78 is 2.37. The van der Waals surface area contributed by atoms with Crippen LogP contribution in [0.15, 0.2) is 0 Å². The van der Waals surface area contributed by atoms with Gasteiger partial charge in [-0.05, 0) is 44.2 Å². The van der Waals surface area contributed by atoms with Crippen LogP contribution in [0.5, 0.6) is 0 Å². The molecule has 5 heteroatoms. The maximum atomic E-state index is 4.50. The largest absolute Gasteiger partial charge is 0.312 e. The fraction of sp³-hybridized carbons (Fsp3) is 0.875. The molecule has 1 aliphatic carbocycles. The van der Waals surface area contributed by atoms with Crippen LogP contribution in [0.1, 0.15) is 56.6 Å². The van der Waals surface area contributed by atoms with Gasteiger partial charge >= 0.3 is 0 Å². The summed E-state index contributed by atoms with van der Waals surface area (Å²) in [6.45, 7) is 9.21. The Labute approximate surface area is 127 Å². The highest BCUT2D eigenvalue weighted by molar-refractivity contribution is 5.06. The molecule has 116 valence electrons. The lowest BCUT2D eigenvalue weighted by Gasteiger charge is -2.44. The van der Waals surface area contributed by atoms with Crippen molar-refractivity contribution in [1.29, 1.82) is 0 Å². The molecule has 3 aliphatic rings. The molecular weight excluding hydrogens is 262 g/mol. The zero-order valence-electron chi connectivity index (χ0n) is 13.1. The highest BCUT2D eigenvalue weighted by Crippen LogP contribution is 2.41. The quantitative estimate of drug-likeness (QED) is 0.921. The summed E-state index contributed by atoms with van der Waals surface area (Å²) in [6.07, 6.45) is 6.80. The van der Waals surface area contributed by atoms with Gasteiger partial charge in [-0.3, -0.25) is 0 Å². The van der Waals surface area contributed by atoms with E-state index in [1.54, 1.807) is 0 Å². The summed E-state index contributed by atoms with van der Waals surface area (Å²) in [5, 5.41) is 12.2. The van der Waals surface area contributed by atoms with Gasteiger partial charge in [0.15, 0.2) is 0 Å². The Balaban J connectivity index is 1.37. The van der Waals surface area contributed by atoms with Crippen molar-refractivity contribution in [2.75, 3.05) is 26.2 Å². The van der Waals surface area contributed by atoms with Gasteiger partial charge in [0.1, 0.15) is 11.6 Å². The van der Waals surface area contributed by atoms with E-state index in [0.717, 1.165) is 25.5 Å². The number of nitrogens with zero attached hydrogens (tertiary/aromatic N) is 4. The third-order valence-corrected chi connectivity index (χ3v) is 5.77. The average molecular weight is 289 g/mol. The average Bonchev–Trinajstić information content (AvgIpc) is 2.90. The first-order valence-corrected chi connectivity index (χ1v) is 8.59. The molecule has 0 spiro atoms. The van der Waals surface area contributed by atoms with E-state index < -0.39 is 0 Å². The van der Waals surface area contributed by atoms with E-state index in [0.29, 0.717) is 11.3 Å². The van der Waals surface area contributed by atoms with E-state index >= 15 is 0 Å². The molecule has 1 saturated heterocycles. The molecule has 4 rings (SSSR count). The van der Waals surface area contributed by atoms with Crippen molar-refractivity contribution < 1.29 is 0 Å². The van der Waals surface area contributed by atoms with Crippen LogP contribution in [0.2, 0.25) is 0 Å². The zero-order chi connectivity index (χ0) is 14.3. The molecule has 0 amide bonds. The molecule has 0 unspecified atom stereocenters. The second kappa shape index (κ2) is 5.36. The van der Waals surface area contributed by atoms with Crippen LogP contribution in [0.4, 0.5) is 0 Å². The number of nitrogens with one attached hydrogen (secondary N) is 1. The molecule has 5 nitrogen and oxygen atoms in total. The monoisotopic (exact) mass is 289 g/mol. The first kappa shape index (κ1) is 13.7. The molecule has 2 fully saturated rings. The molecule has 2 aliphatic heterocycles. The van der Waals surface area contributed by atoms with Gasteiger partial charge in [-0.2, -0.15) is 0 Å². The number of hydrogen-bond donors (Lipinski definition) is 1. The topological polar surface area (TPSA) is 46.0 Å². The fourth-order valence-corrected chi connectivity index (χ4v) is 4.24. The molecular formula is C16H27N5. The summed E-state index contributed by atoms with van der Waals surface area (Å²) in [5.41, 5.74) is 0.618. The van der Waals surface area contributed by atoms with E-state index in [-0.39, 0.29) is 0 Å². The smallest absolute Gasteiger partial charge is 0.147 e. The first-order valence-electron chi connectivity index (χ1n) is 8.59. The van der Waals surface area contributed by atoms with E-state index in [1.165, 1.54) is 57.6 Å². The highest BCUT2D eigenvalue weighted by Gasteiger charge is 2.35. The Hall–Kier alpha value is -0.940. The number of hydrogen-bond acceptors (Lipinski definition) is 4. The molecule has 0 radical (unpaired) electrons. The van der Waals surface area contributed by atoms with Gasteiger partial charge in [0.25, 0.3) is 0 Å². The molecule has 21 heavy (non-hydrogen) atoms. The second-order valence-corrected chi connectivity index (χ2v) is 7.52. The highest BCUT2D eigenvalue weighted by atomic mass is 15.3. The summed E-state index contributed by atoms with van der Waals surface area (Å²) in [7, 11) is 0. The van der Waals surface area contributed by atoms with Gasteiger partial charge in [0.2, 0.25) is 0 Å². The van der Waals surface area contributed by atoms with E-state index in [4.69, 9.17) is 0 Å². The molecule has 3 heterocycles. The van der Waals surface area contributed by atoms with Crippen LogP contribution >= 0.6 is 0 Å². The fourth-order valence-electron chi connectivity index (χ4n) is 4.24. The van der Waals surface area contributed by atoms with Crippen LogP contribution in [-0.4, -0.2) is 45.8 Å². The minimum atomic E-state index is 0.618. The van der Waals surface area contributed by atoms with Gasteiger partial charge in [-0.1, -0.05) is 13.3 Å². The van der Waals surface area contributed by atoms with Crippen LogP contribution < -0.4 is 5.32 Å². The van der Waals surface area contributed by atoms with Crippen molar-refractivity contribution in [3.8, 4) is 0 Å². The van der Waals surface area contributed by atoms with Gasteiger partial charge in [-0.25, -0.2) is 0 Å². The number of rotatable bonds is 3. The maximum Gasteiger partial charge on any atom is 0.147 e. The maximum absolute atomic E-state index is 4.50. The Kier molecular flexibility index (Phi) is 3.50. The third kappa shape index (κ3) is 2.61. The van der Waals surface area contributed by atoms with Gasteiger partial charge in [-0.15, -0.1) is 10.2 Å². The number of fused-ring (bicyclic) bond motifs is 1. The van der Waals surface area contributed by atoms with Crippen molar-refractivity contribution in [3.63, 3.8) is 0 Å². The standard InChI is InChI=1S/C16H27N5/c1-16(5-2-6-16)12-20-8-3-13(4-9-20)15-19-18-14-11-17-7-10-21(14)15/h13,17H,2-12H2,1H3. The SMILES string of the molecule is CC1(CN2CCC(c3nnc4n3CCNC4)CC2)CCC1. The van der Waals surface area contributed by atoms with E-state index in [2.05, 4.69) is 31.9 Å². The summed E-state index contributed by atoms with van der Waals surface area (Å²) in [6, 6.07) is 0. The Morgan fingerprint density at radius 1 is 1.19 bits per heavy atom. The van der Waals surface area contributed by atoms with Crippen molar-refractivity contribution in [2.45, 2.75) is 58.0 Å². The minimum Gasteiger partial charge on any atom is -0.312 e. The molecule has 1 aromatic rings. The van der Waals surface area contributed by atoms with Crippen LogP contribution in [0.25, 0.3) is 0 Å². The molecule has 0 bridgehead atoms. The molecule has 0 aromatic carbocycles. The second-order valence-electron chi connectivity index (χ2n) is 7.52. The van der Waals surface area contributed by atoms with Crippen molar-refractivity contribution in [1.82, 2.24) is 25.0 Å². The van der Waals surface area contributed by atoms with Gasteiger partial charge in [0.05, 0.1) is 6.54 Å². The number of piperidine rings is 1. The van der Waals surface area contributed by atoms with E-state index in [1.807, 2.05) is 0 Å². The lowest BCUT2D eigenvalue weighted by atomic mass is 9.70. The van der Waals surface area contributed by atoms with Crippen LogP contribution in [0, 0.1) is 5.41 Å². The van der Waals surface area contributed by atoms with Crippen molar-refractivity contribution in [3.05, 3.63) is 11.6 Å². The normalized spacial score (nSPS) is 26.3. The van der Waals surface area contributed by atoms with Crippen LogP contribution in [0.3, 0.4) is 0 Å². The molecule has 0 atom stereocenters. The Morgan fingerprint density at radius 3 is 2.71 bits per heavy atom. The van der Waals surface area contributed by atoms with Gasteiger partial charge < -0.3 is 14.8 Å². The van der Waals surface area contributed by atoms with Gasteiger partial charge in [0, 0.05) is 25.6 Å². The first-order chi connectivity index (χ1) is 10.2. The lowest BCUT2D eigenvalue weighted by molar-refractivity contribution is 0.0698. The summed E-state index contributed by atoms with van der Waals surface area (Å²) in [5.74, 6) is 3.00. The Morgan fingerprint density at radius 2 is 2.00 bits per heavy atom. The van der Waals surface area contributed by atoms with E-state index in [9.17, 15) is 0 Å². The third-order valence-electron chi connectivity index (χ3n) is 5.77. The van der Waals surface area contributed by atoms with Crippen molar-refractivity contribution >= 4 is 0 Å². The number of aromatic nitrogens is 3. The predicted molar refractivity (Wildman–Crippen MR) is 82.1 cm³/mol. The predicted octanol–water partition coefficient (Wildman–Crippen LogP) is 1.75. The zero-order valence-corrected chi connectivity index (χ0v) is 13.1. The van der Waals surface area contributed by atoms with Crippen molar-refractivity contribution in [2.24, 2.45) is 5.41 Å². The summed E-state index contributed by atoms with van der Waals surface area (Å²) in [4.78, 5) is 2.69.